The van der Waals surface area contributed by atoms with Crippen LogP contribution in [0.1, 0.15) is 36.5 Å². The molecule has 0 saturated heterocycles. The second-order valence-electron chi connectivity index (χ2n) is 5.35. The van der Waals surface area contributed by atoms with E-state index in [1.807, 2.05) is 30.3 Å². The highest BCUT2D eigenvalue weighted by Gasteiger charge is 2.17. The summed E-state index contributed by atoms with van der Waals surface area (Å²) in [6, 6.07) is 9.89. The lowest BCUT2D eigenvalue weighted by Gasteiger charge is -2.06. The van der Waals surface area contributed by atoms with Gasteiger partial charge in [-0.05, 0) is 36.6 Å². The molecule has 120 valence electrons. The molecule has 0 N–H and O–H groups in total. The minimum Gasteiger partial charge on any atom is -0.497 e. The monoisotopic (exact) mass is 374 g/mol. The van der Waals surface area contributed by atoms with Crippen molar-refractivity contribution in [2.45, 2.75) is 32.2 Å². The SMILES string of the molecule is Br.COc1cccc(C=C(C#N)c2nnc3n2CCCCC3)c1. The van der Waals surface area contributed by atoms with Gasteiger partial charge in [0, 0.05) is 13.0 Å². The summed E-state index contributed by atoms with van der Waals surface area (Å²) in [5, 5.41) is 18.0. The molecule has 1 aliphatic rings. The average molecular weight is 375 g/mol. The van der Waals surface area contributed by atoms with Crippen molar-refractivity contribution in [2.75, 3.05) is 7.11 Å². The number of hydrogen-bond acceptors (Lipinski definition) is 4. The van der Waals surface area contributed by atoms with Crippen LogP contribution in [0, 0.1) is 11.3 Å². The molecule has 0 bridgehead atoms. The molecule has 0 radical (unpaired) electrons. The number of aryl methyl sites for hydroxylation is 1. The first-order valence-electron chi connectivity index (χ1n) is 7.50. The highest BCUT2D eigenvalue weighted by atomic mass is 79.9. The number of methoxy groups -OCH3 is 1. The van der Waals surface area contributed by atoms with E-state index in [2.05, 4.69) is 20.8 Å². The summed E-state index contributed by atoms with van der Waals surface area (Å²) in [7, 11) is 1.63. The number of nitriles is 1. The van der Waals surface area contributed by atoms with Crippen molar-refractivity contribution in [2.24, 2.45) is 0 Å². The van der Waals surface area contributed by atoms with Crippen LogP contribution < -0.4 is 4.74 Å². The predicted molar refractivity (Wildman–Crippen MR) is 94.4 cm³/mol. The number of hydrogen-bond donors (Lipinski definition) is 0. The van der Waals surface area contributed by atoms with E-state index in [1.54, 1.807) is 7.11 Å². The average Bonchev–Trinajstić information content (AvgIpc) is 2.81. The standard InChI is InChI=1S/C17H18N4O.BrH/c1-22-15-7-5-6-13(11-15)10-14(12-18)17-20-19-16-8-3-2-4-9-21(16)17;/h5-7,10-11H,2-4,8-9H2,1H3;1H. The van der Waals surface area contributed by atoms with E-state index in [9.17, 15) is 5.26 Å². The van der Waals surface area contributed by atoms with Gasteiger partial charge >= 0.3 is 0 Å². The molecule has 2 heterocycles. The number of aromatic nitrogens is 3. The fourth-order valence-corrected chi connectivity index (χ4v) is 2.73. The summed E-state index contributed by atoms with van der Waals surface area (Å²) in [6.07, 6.45) is 6.22. The Balaban J connectivity index is 0.00000192. The maximum Gasteiger partial charge on any atom is 0.174 e. The summed E-state index contributed by atoms with van der Waals surface area (Å²) in [6.45, 7) is 0.884. The molecule has 3 rings (SSSR count). The molecule has 6 heteroatoms. The molecule has 0 unspecified atom stereocenters. The molecular weight excluding hydrogens is 356 g/mol. The van der Waals surface area contributed by atoms with Crippen LogP contribution >= 0.6 is 17.0 Å². The Hall–Kier alpha value is -2.13. The van der Waals surface area contributed by atoms with E-state index in [-0.39, 0.29) is 17.0 Å². The number of allylic oxidation sites excluding steroid dienone is 1. The Bertz CT molecular complexity index is 745. The van der Waals surface area contributed by atoms with Crippen LogP contribution in [0.2, 0.25) is 0 Å². The zero-order valence-corrected chi connectivity index (χ0v) is 14.7. The lowest BCUT2D eigenvalue weighted by atomic mass is 10.1. The molecule has 1 aromatic carbocycles. The summed E-state index contributed by atoms with van der Waals surface area (Å²) in [4.78, 5) is 0. The van der Waals surface area contributed by atoms with Gasteiger partial charge in [0.05, 0.1) is 12.7 Å². The second-order valence-corrected chi connectivity index (χ2v) is 5.35. The molecule has 1 aromatic heterocycles. The highest BCUT2D eigenvalue weighted by molar-refractivity contribution is 8.93. The molecule has 0 aliphatic carbocycles. The quantitative estimate of drug-likeness (QED) is 0.769. The van der Waals surface area contributed by atoms with Crippen LogP contribution in [0.4, 0.5) is 0 Å². The van der Waals surface area contributed by atoms with Gasteiger partial charge in [-0.2, -0.15) is 5.26 Å². The molecule has 0 atom stereocenters. The van der Waals surface area contributed by atoms with Gasteiger partial charge in [-0.25, -0.2) is 0 Å². The Morgan fingerprint density at radius 1 is 1.30 bits per heavy atom. The number of rotatable bonds is 3. The minimum atomic E-state index is 0. The number of benzene rings is 1. The van der Waals surface area contributed by atoms with Gasteiger partial charge in [-0.15, -0.1) is 27.2 Å². The van der Waals surface area contributed by atoms with Crippen LogP contribution in [-0.2, 0) is 13.0 Å². The van der Waals surface area contributed by atoms with Crippen LogP contribution in [0.25, 0.3) is 11.6 Å². The summed E-state index contributed by atoms with van der Waals surface area (Å²) < 4.78 is 7.31. The van der Waals surface area contributed by atoms with Gasteiger partial charge in [0.25, 0.3) is 0 Å². The van der Waals surface area contributed by atoms with Gasteiger partial charge in [0.2, 0.25) is 0 Å². The van der Waals surface area contributed by atoms with E-state index in [0.717, 1.165) is 42.9 Å². The van der Waals surface area contributed by atoms with Crippen LogP contribution in [0.3, 0.4) is 0 Å². The van der Waals surface area contributed by atoms with Gasteiger partial charge in [0.1, 0.15) is 17.6 Å². The lowest BCUT2D eigenvalue weighted by molar-refractivity contribution is 0.414. The van der Waals surface area contributed by atoms with Crippen molar-refractivity contribution in [3.8, 4) is 11.8 Å². The Morgan fingerprint density at radius 3 is 2.96 bits per heavy atom. The molecule has 5 nitrogen and oxygen atoms in total. The van der Waals surface area contributed by atoms with Gasteiger partial charge in [0.15, 0.2) is 5.82 Å². The van der Waals surface area contributed by atoms with E-state index in [4.69, 9.17) is 4.74 Å². The smallest absolute Gasteiger partial charge is 0.174 e. The Labute approximate surface area is 146 Å². The summed E-state index contributed by atoms with van der Waals surface area (Å²) in [5.41, 5.74) is 1.45. The molecule has 1 aliphatic heterocycles. The number of fused-ring (bicyclic) bond motifs is 1. The van der Waals surface area contributed by atoms with E-state index >= 15 is 0 Å². The third-order valence-corrected chi connectivity index (χ3v) is 3.88. The van der Waals surface area contributed by atoms with Crippen molar-refractivity contribution < 1.29 is 4.74 Å². The van der Waals surface area contributed by atoms with E-state index < -0.39 is 0 Å². The topological polar surface area (TPSA) is 63.7 Å². The van der Waals surface area contributed by atoms with E-state index in [1.165, 1.54) is 6.42 Å². The third kappa shape index (κ3) is 3.80. The normalized spacial score (nSPS) is 14.2. The highest BCUT2D eigenvalue weighted by Crippen LogP contribution is 2.22. The van der Waals surface area contributed by atoms with Crippen molar-refractivity contribution in [1.29, 1.82) is 5.26 Å². The van der Waals surface area contributed by atoms with Crippen molar-refractivity contribution in [3.63, 3.8) is 0 Å². The molecule has 0 saturated carbocycles. The van der Waals surface area contributed by atoms with Gasteiger partial charge in [-0.1, -0.05) is 18.6 Å². The first-order chi connectivity index (χ1) is 10.8. The minimum absolute atomic E-state index is 0. The zero-order chi connectivity index (χ0) is 15.4. The third-order valence-electron chi connectivity index (χ3n) is 3.88. The summed E-state index contributed by atoms with van der Waals surface area (Å²) in [5.74, 6) is 2.42. The number of ether oxygens (including phenoxy) is 1. The van der Waals surface area contributed by atoms with Crippen LogP contribution in [0.15, 0.2) is 24.3 Å². The fourth-order valence-electron chi connectivity index (χ4n) is 2.73. The molecule has 0 fully saturated rings. The van der Waals surface area contributed by atoms with Crippen LogP contribution in [-0.4, -0.2) is 21.9 Å². The van der Waals surface area contributed by atoms with Crippen LogP contribution in [0.5, 0.6) is 5.75 Å². The predicted octanol–water partition coefficient (Wildman–Crippen LogP) is 3.66. The maximum absolute atomic E-state index is 9.53. The zero-order valence-electron chi connectivity index (χ0n) is 13.0. The first-order valence-corrected chi connectivity index (χ1v) is 7.50. The molecule has 2 aromatic rings. The first kappa shape index (κ1) is 17.2. The molecular formula is C17H19BrN4O. The second kappa shape index (κ2) is 7.93. The van der Waals surface area contributed by atoms with Crippen molar-refractivity contribution >= 4 is 28.6 Å². The van der Waals surface area contributed by atoms with Gasteiger partial charge < -0.3 is 9.30 Å². The lowest BCUT2D eigenvalue weighted by Crippen LogP contribution is -2.05. The molecule has 0 amide bonds. The summed E-state index contributed by atoms with van der Waals surface area (Å²) >= 11 is 0. The number of halogens is 1. The van der Waals surface area contributed by atoms with E-state index in [0.29, 0.717) is 11.4 Å². The Kier molecular flexibility index (Phi) is 5.94. The maximum atomic E-state index is 9.53. The van der Waals surface area contributed by atoms with Crippen molar-refractivity contribution in [3.05, 3.63) is 41.5 Å². The molecule has 0 spiro atoms. The van der Waals surface area contributed by atoms with Gasteiger partial charge in [-0.3, -0.25) is 0 Å². The molecule has 23 heavy (non-hydrogen) atoms. The number of nitrogens with zero attached hydrogens (tertiary/aromatic N) is 4. The Morgan fingerprint density at radius 2 is 2.17 bits per heavy atom. The van der Waals surface area contributed by atoms with Crippen molar-refractivity contribution in [1.82, 2.24) is 14.8 Å². The fraction of sp³-hybridized carbons (Fsp3) is 0.353. The largest absolute Gasteiger partial charge is 0.497 e.